The lowest BCUT2D eigenvalue weighted by molar-refractivity contribution is 0.936. The third kappa shape index (κ3) is 1.31. The number of hydrogen-bond acceptors (Lipinski definition) is 0. The van der Waals surface area contributed by atoms with Crippen molar-refractivity contribution < 1.29 is 0 Å². The van der Waals surface area contributed by atoms with Crippen molar-refractivity contribution >= 4 is 5.57 Å². The Kier molecular flexibility index (Phi) is 2.07. The smallest absolute Gasteiger partial charge is 0.0126 e. The second kappa shape index (κ2) is 3.13. The molecular formula is C14H16. The van der Waals surface area contributed by atoms with Gasteiger partial charge in [-0.1, -0.05) is 30.9 Å². The molecule has 0 saturated carbocycles. The van der Waals surface area contributed by atoms with Gasteiger partial charge in [0.05, 0.1) is 0 Å². The molecule has 72 valence electrons. The van der Waals surface area contributed by atoms with E-state index in [4.69, 9.17) is 0 Å². The van der Waals surface area contributed by atoms with Crippen molar-refractivity contribution in [3.05, 3.63) is 53.1 Å². The summed E-state index contributed by atoms with van der Waals surface area (Å²) < 4.78 is 0. The second-order valence-corrected chi connectivity index (χ2v) is 4.20. The first-order valence-electron chi connectivity index (χ1n) is 5.07. The molecule has 0 heterocycles. The molecule has 0 unspecified atom stereocenters. The minimum atomic E-state index is 1.06. The largest absolute Gasteiger partial charge is 0.0952 e. The summed E-state index contributed by atoms with van der Waals surface area (Å²) in [5.74, 6) is 0. The molecule has 1 aliphatic carbocycles. The van der Waals surface area contributed by atoms with E-state index in [2.05, 4.69) is 39.1 Å². The number of hydrogen-bond donors (Lipinski definition) is 0. The SMILES string of the molecule is C=C1CCc2cc(C)cc(C)c2C1=C. The number of fused-ring (bicyclic) bond motifs is 1. The van der Waals surface area contributed by atoms with Crippen molar-refractivity contribution in [3.63, 3.8) is 0 Å². The van der Waals surface area contributed by atoms with Gasteiger partial charge in [-0.3, -0.25) is 0 Å². The summed E-state index contributed by atoms with van der Waals surface area (Å²) in [6.07, 6.45) is 2.18. The summed E-state index contributed by atoms with van der Waals surface area (Å²) >= 11 is 0. The van der Waals surface area contributed by atoms with Crippen molar-refractivity contribution in [1.82, 2.24) is 0 Å². The van der Waals surface area contributed by atoms with Crippen LogP contribution in [0.2, 0.25) is 0 Å². The molecule has 0 spiro atoms. The number of aryl methyl sites for hydroxylation is 3. The molecule has 1 aromatic carbocycles. The maximum absolute atomic E-state index is 4.13. The molecule has 1 aliphatic rings. The number of allylic oxidation sites excluding steroid dienone is 2. The predicted molar refractivity (Wildman–Crippen MR) is 62.4 cm³/mol. The normalized spacial score (nSPS) is 15.6. The summed E-state index contributed by atoms with van der Waals surface area (Å²) in [5, 5.41) is 0. The average Bonchev–Trinajstić information content (AvgIpc) is 2.10. The lowest BCUT2D eigenvalue weighted by Gasteiger charge is -2.23. The zero-order valence-corrected chi connectivity index (χ0v) is 8.98. The van der Waals surface area contributed by atoms with Crippen LogP contribution in [0.1, 0.15) is 28.7 Å². The summed E-state index contributed by atoms with van der Waals surface area (Å²) in [4.78, 5) is 0. The Labute approximate surface area is 86.0 Å². The van der Waals surface area contributed by atoms with Gasteiger partial charge in [-0.05, 0) is 54.5 Å². The molecule has 2 rings (SSSR count). The first kappa shape index (κ1) is 9.26. The van der Waals surface area contributed by atoms with E-state index in [-0.39, 0.29) is 0 Å². The van der Waals surface area contributed by atoms with Crippen LogP contribution in [0.4, 0.5) is 0 Å². The maximum Gasteiger partial charge on any atom is -0.0126 e. The van der Waals surface area contributed by atoms with Crippen molar-refractivity contribution in [2.75, 3.05) is 0 Å². The first-order chi connectivity index (χ1) is 6.59. The Morgan fingerprint density at radius 3 is 2.50 bits per heavy atom. The molecule has 0 N–H and O–H groups in total. The highest BCUT2D eigenvalue weighted by Crippen LogP contribution is 2.35. The molecule has 0 saturated heterocycles. The Balaban J connectivity index is 2.66. The van der Waals surface area contributed by atoms with Gasteiger partial charge in [0.15, 0.2) is 0 Å². The first-order valence-corrected chi connectivity index (χ1v) is 5.07. The van der Waals surface area contributed by atoms with E-state index in [0.29, 0.717) is 0 Å². The Bertz CT molecular complexity index is 422. The highest BCUT2D eigenvalue weighted by molar-refractivity contribution is 5.82. The fourth-order valence-electron chi connectivity index (χ4n) is 2.30. The third-order valence-electron chi connectivity index (χ3n) is 2.99. The van der Waals surface area contributed by atoms with Gasteiger partial charge in [0, 0.05) is 0 Å². The fraction of sp³-hybridized carbons (Fsp3) is 0.286. The molecule has 0 aliphatic heterocycles. The van der Waals surface area contributed by atoms with E-state index in [1.54, 1.807) is 0 Å². The van der Waals surface area contributed by atoms with Gasteiger partial charge in [0.2, 0.25) is 0 Å². The Morgan fingerprint density at radius 2 is 1.79 bits per heavy atom. The summed E-state index contributed by atoms with van der Waals surface area (Å²) in [6.45, 7) is 12.5. The minimum Gasteiger partial charge on any atom is -0.0952 e. The van der Waals surface area contributed by atoms with E-state index in [1.165, 1.54) is 27.8 Å². The van der Waals surface area contributed by atoms with Crippen LogP contribution in [0.15, 0.2) is 30.9 Å². The van der Waals surface area contributed by atoms with Gasteiger partial charge in [0.25, 0.3) is 0 Å². The summed E-state index contributed by atoms with van der Waals surface area (Å²) in [6, 6.07) is 4.50. The average molecular weight is 184 g/mol. The monoisotopic (exact) mass is 184 g/mol. The van der Waals surface area contributed by atoms with Gasteiger partial charge in [-0.25, -0.2) is 0 Å². The van der Waals surface area contributed by atoms with Crippen LogP contribution in [0, 0.1) is 13.8 Å². The minimum absolute atomic E-state index is 1.06. The van der Waals surface area contributed by atoms with Crippen LogP contribution >= 0.6 is 0 Å². The van der Waals surface area contributed by atoms with E-state index in [1.807, 2.05) is 0 Å². The molecule has 1 aromatic rings. The van der Waals surface area contributed by atoms with Crippen LogP contribution in [0.5, 0.6) is 0 Å². The topological polar surface area (TPSA) is 0 Å². The van der Waals surface area contributed by atoms with Crippen molar-refractivity contribution in [1.29, 1.82) is 0 Å². The van der Waals surface area contributed by atoms with Crippen LogP contribution in [0.3, 0.4) is 0 Å². The third-order valence-corrected chi connectivity index (χ3v) is 2.99. The molecule has 14 heavy (non-hydrogen) atoms. The molecule has 0 radical (unpaired) electrons. The van der Waals surface area contributed by atoms with Crippen molar-refractivity contribution in [2.45, 2.75) is 26.7 Å². The molecule has 0 fully saturated rings. The summed E-state index contributed by atoms with van der Waals surface area (Å²) in [7, 11) is 0. The van der Waals surface area contributed by atoms with E-state index < -0.39 is 0 Å². The predicted octanol–water partition coefficient (Wildman–Crippen LogP) is 3.82. The van der Waals surface area contributed by atoms with Gasteiger partial charge >= 0.3 is 0 Å². The van der Waals surface area contributed by atoms with Crippen LogP contribution in [0.25, 0.3) is 5.57 Å². The zero-order chi connectivity index (χ0) is 10.3. The number of benzene rings is 1. The molecular weight excluding hydrogens is 168 g/mol. The van der Waals surface area contributed by atoms with Gasteiger partial charge in [-0.15, -0.1) is 0 Å². The number of rotatable bonds is 0. The lowest BCUT2D eigenvalue weighted by atomic mass is 9.82. The zero-order valence-electron chi connectivity index (χ0n) is 8.98. The standard InChI is InChI=1S/C14H16/c1-9-7-11(3)14-12(4)10(2)5-6-13(14)8-9/h7-8H,2,4-6H2,1,3H3. The summed E-state index contributed by atoms with van der Waals surface area (Å²) in [5.41, 5.74) is 7.81. The molecule has 0 heteroatoms. The molecule has 0 nitrogen and oxygen atoms in total. The maximum atomic E-state index is 4.13. The van der Waals surface area contributed by atoms with E-state index in [0.717, 1.165) is 18.4 Å². The van der Waals surface area contributed by atoms with Crippen LogP contribution in [-0.2, 0) is 6.42 Å². The molecule has 0 amide bonds. The lowest BCUT2D eigenvalue weighted by Crippen LogP contribution is -2.05. The highest BCUT2D eigenvalue weighted by Gasteiger charge is 2.17. The quantitative estimate of drug-likeness (QED) is 0.575. The van der Waals surface area contributed by atoms with Gasteiger partial charge < -0.3 is 0 Å². The van der Waals surface area contributed by atoms with Crippen LogP contribution in [-0.4, -0.2) is 0 Å². The van der Waals surface area contributed by atoms with E-state index in [9.17, 15) is 0 Å². The Morgan fingerprint density at radius 1 is 1.07 bits per heavy atom. The molecule has 0 aromatic heterocycles. The van der Waals surface area contributed by atoms with Crippen molar-refractivity contribution in [2.24, 2.45) is 0 Å². The fourth-order valence-corrected chi connectivity index (χ4v) is 2.30. The van der Waals surface area contributed by atoms with E-state index >= 15 is 0 Å². The molecule has 0 bridgehead atoms. The highest BCUT2D eigenvalue weighted by atomic mass is 14.2. The van der Waals surface area contributed by atoms with Gasteiger partial charge in [-0.2, -0.15) is 0 Å². The van der Waals surface area contributed by atoms with Crippen molar-refractivity contribution in [3.8, 4) is 0 Å². The van der Waals surface area contributed by atoms with Gasteiger partial charge in [0.1, 0.15) is 0 Å². The van der Waals surface area contributed by atoms with Crippen LogP contribution < -0.4 is 0 Å². The molecule has 0 atom stereocenters. The Hall–Kier alpha value is -1.30. The second-order valence-electron chi connectivity index (χ2n) is 4.20.